The van der Waals surface area contributed by atoms with Crippen LogP contribution in [0.2, 0.25) is 0 Å². The van der Waals surface area contributed by atoms with Crippen molar-refractivity contribution in [2.75, 3.05) is 0 Å². The maximum atomic E-state index is 13.5. The molecule has 0 radical (unpaired) electrons. The van der Waals surface area contributed by atoms with Crippen molar-refractivity contribution >= 4 is 11.9 Å². The van der Waals surface area contributed by atoms with Gasteiger partial charge in [0.2, 0.25) is 0 Å². The van der Waals surface area contributed by atoms with Gasteiger partial charge in [-0.2, -0.15) is 5.10 Å². The van der Waals surface area contributed by atoms with E-state index < -0.39 is 0 Å². The minimum absolute atomic E-state index is 0.0935. The lowest BCUT2D eigenvalue weighted by Crippen LogP contribution is -2.54. The van der Waals surface area contributed by atoms with Gasteiger partial charge in [-0.3, -0.25) is 9.48 Å². The summed E-state index contributed by atoms with van der Waals surface area (Å²) in [7, 11) is 0. The monoisotopic (exact) mass is 396 g/mol. The van der Waals surface area contributed by atoms with Crippen molar-refractivity contribution in [2.24, 2.45) is 34.5 Å². The van der Waals surface area contributed by atoms with Gasteiger partial charge in [-0.15, -0.1) is 0 Å². The summed E-state index contributed by atoms with van der Waals surface area (Å²) in [4.78, 5) is 13.5. The van der Waals surface area contributed by atoms with Crippen molar-refractivity contribution in [3.05, 3.63) is 23.5 Å². The number of aryl methyl sites for hydroxylation is 1. The second-order valence-electron chi connectivity index (χ2n) is 10.8. The van der Waals surface area contributed by atoms with Crippen LogP contribution in [0.4, 0.5) is 0 Å². The molecule has 29 heavy (non-hydrogen) atoms. The number of carbonyl (C=O) groups excluding carboxylic acids is 1. The van der Waals surface area contributed by atoms with Gasteiger partial charge in [-0.05, 0) is 105 Å². The second kappa shape index (κ2) is 6.80. The molecule has 4 fully saturated rings. The van der Waals surface area contributed by atoms with Crippen molar-refractivity contribution in [2.45, 2.75) is 84.8 Å². The number of aromatic nitrogens is 2. The van der Waals surface area contributed by atoms with Crippen LogP contribution < -0.4 is 0 Å². The predicted octanol–water partition coefficient (Wildman–Crippen LogP) is 4.87. The zero-order chi connectivity index (χ0) is 20.4. The molecule has 7 atom stereocenters. The van der Waals surface area contributed by atoms with Crippen LogP contribution in [0.3, 0.4) is 0 Å². The summed E-state index contributed by atoms with van der Waals surface area (Å²) in [5.74, 6) is 2.92. The Morgan fingerprint density at radius 1 is 1.21 bits per heavy atom. The highest BCUT2D eigenvalue weighted by Crippen LogP contribution is 2.66. The first kappa shape index (κ1) is 19.5. The quantitative estimate of drug-likeness (QED) is 0.726. The Morgan fingerprint density at radius 3 is 2.79 bits per heavy atom. The number of nitrogens with zero attached hydrogens (tertiary/aromatic N) is 2. The fourth-order valence-electron chi connectivity index (χ4n) is 7.84. The summed E-state index contributed by atoms with van der Waals surface area (Å²) in [6.45, 7) is 7.70. The molecule has 0 aliphatic heterocycles. The molecular formula is C25H36N2O2. The Bertz CT molecular complexity index is 842. The number of aliphatic hydroxyl groups is 1. The molecule has 158 valence electrons. The number of ketones is 1. The van der Waals surface area contributed by atoms with Gasteiger partial charge < -0.3 is 5.11 Å². The smallest absolute Gasteiger partial charge is 0.165 e. The highest BCUT2D eigenvalue weighted by molar-refractivity contribution is 6.05. The normalized spacial score (nSPS) is 45.7. The van der Waals surface area contributed by atoms with Crippen LogP contribution in [0.25, 0.3) is 6.08 Å². The van der Waals surface area contributed by atoms with Crippen molar-refractivity contribution in [3.8, 4) is 0 Å². The lowest BCUT2D eigenvalue weighted by molar-refractivity contribution is -0.141. The van der Waals surface area contributed by atoms with Crippen molar-refractivity contribution in [1.82, 2.24) is 9.78 Å². The topological polar surface area (TPSA) is 55.1 Å². The Morgan fingerprint density at radius 2 is 2.03 bits per heavy atom. The van der Waals surface area contributed by atoms with Crippen LogP contribution in [-0.4, -0.2) is 26.8 Å². The minimum atomic E-state index is -0.183. The van der Waals surface area contributed by atoms with E-state index in [9.17, 15) is 9.90 Å². The number of allylic oxidation sites excluding steroid dienone is 1. The Hall–Kier alpha value is -1.42. The van der Waals surface area contributed by atoms with E-state index in [4.69, 9.17) is 0 Å². The first-order chi connectivity index (χ1) is 13.8. The third kappa shape index (κ3) is 2.89. The van der Waals surface area contributed by atoms with Crippen LogP contribution in [0.15, 0.2) is 17.8 Å². The Labute approximate surface area is 174 Å². The highest BCUT2D eigenvalue weighted by atomic mass is 16.3. The summed E-state index contributed by atoms with van der Waals surface area (Å²) in [5.41, 5.74) is 2.10. The summed E-state index contributed by atoms with van der Waals surface area (Å²) in [6, 6.07) is 2.02. The number of aliphatic hydroxyl groups excluding tert-OH is 1. The molecule has 1 N–H and O–H groups in total. The zero-order valence-electron chi connectivity index (χ0n) is 18.2. The van der Waals surface area contributed by atoms with E-state index in [-0.39, 0.29) is 11.5 Å². The highest BCUT2D eigenvalue weighted by Gasteiger charge is 2.61. The molecular weight excluding hydrogens is 360 g/mol. The van der Waals surface area contributed by atoms with Gasteiger partial charge in [-0.1, -0.05) is 13.8 Å². The molecule has 5 rings (SSSR count). The summed E-state index contributed by atoms with van der Waals surface area (Å²) in [5, 5.41) is 14.8. The third-order valence-electron chi connectivity index (χ3n) is 9.59. The van der Waals surface area contributed by atoms with Crippen LogP contribution >= 0.6 is 0 Å². The van der Waals surface area contributed by atoms with Gasteiger partial charge in [0.05, 0.1) is 11.8 Å². The van der Waals surface area contributed by atoms with Gasteiger partial charge in [-0.25, -0.2) is 0 Å². The van der Waals surface area contributed by atoms with E-state index in [0.717, 1.165) is 55.8 Å². The largest absolute Gasteiger partial charge is 0.393 e. The molecule has 4 heteroatoms. The lowest BCUT2D eigenvalue weighted by Gasteiger charge is -2.59. The number of hydrogen-bond acceptors (Lipinski definition) is 3. The fourth-order valence-corrected chi connectivity index (χ4v) is 7.84. The van der Waals surface area contributed by atoms with Crippen LogP contribution in [0.5, 0.6) is 0 Å². The molecule has 1 heterocycles. The number of fused-ring (bicyclic) bond motifs is 5. The van der Waals surface area contributed by atoms with E-state index in [1.54, 1.807) is 0 Å². The number of Topliss-reactive ketones (excluding diaryl/α,β-unsaturated/α-hetero) is 1. The average Bonchev–Trinajstić information content (AvgIpc) is 3.26. The molecule has 4 aliphatic rings. The van der Waals surface area contributed by atoms with Crippen molar-refractivity contribution < 1.29 is 9.90 Å². The van der Waals surface area contributed by atoms with E-state index in [1.165, 1.54) is 19.3 Å². The molecule has 4 nitrogen and oxygen atoms in total. The van der Waals surface area contributed by atoms with Crippen molar-refractivity contribution in [3.63, 3.8) is 0 Å². The number of rotatable bonds is 2. The van der Waals surface area contributed by atoms with E-state index in [2.05, 4.69) is 31.9 Å². The van der Waals surface area contributed by atoms with Gasteiger partial charge in [0.15, 0.2) is 5.78 Å². The third-order valence-corrected chi connectivity index (χ3v) is 9.59. The lowest BCUT2D eigenvalue weighted by atomic mass is 9.45. The molecule has 1 aromatic rings. The zero-order valence-corrected chi connectivity index (χ0v) is 18.2. The van der Waals surface area contributed by atoms with Gasteiger partial charge in [0.25, 0.3) is 0 Å². The SMILES string of the molecule is CCn1ccc(/C=C2\C[C@@H]3[C@H]4CC[C@H]5C[C@H](O)CC[C@]5(C)[C@@H]4CC[C@]3(C)C2=O)n1. The maximum absolute atomic E-state index is 13.5. The number of hydrogen-bond donors (Lipinski definition) is 1. The molecule has 0 saturated heterocycles. The fraction of sp³-hybridized carbons (Fsp3) is 0.760. The van der Waals surface area contributed by atoms with E-state index >= 15 is 0 Å². The van der Waals surface area contributed by atoms with Crippen LogP contribution in [0.1, 0.15) is 77.8 Å². The molecule has 0 spiro atoms. The Kier molecular flexibility index (Phi) is 4.58. The average molecular weight is 397 g/mol. The molecule has 4 aliphatic carbocycles. The second-order valence-corrected chi connectivity index (χ2v) is 10.8. The van der Waals surface area contributed by atoms with Gasteiger partial charge >= 0.3 is 0 Å². The predicted molar refractivity (Wildman–Crippen MR) is 114 cm³/mol. The first-order valence-electron chi connectivity index (χ1n) is 11.8. The molecule has 1 aromatic heterocycles. The Balaban J connectivity index is 1.43. The van der Waals surface area contributed by atoms with Crippen LogP contribution in [0, 0.1) is 34.5 Å². The van der Waals surface area contributed by atoms with Gasteiger partial charge in [0, 0.05) is 18.2 Å². The minimum Gasteiger partial charge on any atom is -0.393 e. The number of carbonyl (C=O) groups is 1. The van der Waals surface area contributed by atoms with Crippen molar-refractivity contribution in [1.29, 1.82) is 0 Å². The van der Waals surface area contributed by atoms with E-state index in [1.807, 2.05) is 16.9 Å². The molecule has 0 amide bonds. The summed E-state index contributed by atoms with van der Waals surface area (Å²) >= 11 is 0. The first-order valence-corrected chi connectivity index (χ1v) is 11.8. The molecule has 0 aromatic carbocycles. The molecule has 0 unspecified atom stereocenters. The molecule has 0 bridgehead atoms. The van der Waals surface area contributed by atoms with E-state index in [0.29, 0.717) is 29.0 Å². The maximum Gasteiger partial charge on any atom is 0.165 e. The van der Waals surface area contributed by atoms with Gasteiger partial charge in [0.1, 0.15) is 0 Å². The van der Waals surface area contributed by atoms with Crippen LogP contribution in [-0.2, 0) is 11.3 Å². The standard InChI is InChI=1S/C25H36N2O2/c1-4-27-12-9-18(26-27)13-16-14-22-20-6-5-17-15-19(28)7-10-24(17,2)21(20)8-11-25(22,3)23(16)29/h9,12-13,17,19-22,28H,4-8,10-11,14-15H2,1-3H3/b16-13+/t17-,19+,20-,21+,22+,24-,25-/m0/s1. The summed E-state index contributed by atoms with van der Waals surface area (Å²) < 4.78 is 1.93. The summed E-state index contributed by atoms with van der Waals surface area (Å²) in [6.07, 6.45) is 12.7. The molecule has 4 saturated carbocycles.